The minimum absolute atomic E-state index is 0.0799. The Balaban J connectivity index is 1.71. The summed E-state index contributed by atoms with van der Waals surface area (Å²) in [6.45, 7) is 0. The SMILES string of the molecule is Clc1nc(Cl)nc(Nc2ccc(C3CCCCC3)cc2)n1. The van der Waals surface area contributed by atoms with Gasteiger partial charge in [0.2, 0.25) is 16.5 Å². The Hall–Kier alpha value is -1.39. The summed E-state index contributed by atoms with van der Waals surface area (Å²) >= 11 is 11.5. The molecule has 110 valence electrons. The third-order valence-corrected chi connectivity index (χ3v) is 4.16. The molecule has 0 bridgehead atoms. The van der Waals surface area contributed by atoms with E-state index in [-0.39, 0.29) is 10.6 Å². The third kappa shape index (κ3) is 3.83. The first-order valence-corrected chi connectivity index (χ1v) is 7.90. The summed E-state index contributed by atoms with van der Waals surface area (Å²) in [5, 5.41) is 3.24. The van der Waals surface area contributed by atoms with E-state index in [1.165, 1.54) is 37.7 Å². The van der Waals surface area contributed by atoms with Crippen molar-refractivity contribution in [2.75, 3.05) is 5.32 Å². The summed E-state index contributed by atoms with van der Waals surface area (Å²) in [5.74, 6) is 1.05. The number of hydrogen-bond acceptors (Lipinski definition) is 4. The van der Waals surface area contributed by atoms with Gasteiger partial charge in [-0.05, 0) is 59.7 Å². The van der Waals surface area contributed by atoms with Crippen molar-refractivity contribution in [2.24, 2.45) is 0 Å². The van der Waals surface area contributed by atoms with Crippen LogP contribution in [0.25, 0.3) is 0 Å². The lowest BCUT2D eigenvalue weighted by Gasteiger charge is -2.22. The van der Waals surface area contributed by atoms with Gasteiger partial charge in [-0.15, -0.1) is 0 Å². The van der Waals surface area contributed by atoms with Crippen molar-refractivity contribution in [3.05, 3.63) is 40.4 Å². The number of rotatable bonds is 3. The molecule has 2 aromatic rings. The fourth-order valence-corrected chi connectivity index (χ4v) is 3.15. The van der Waals surface area contributed by atoms with Crippen LogP contribution < -0.4 is 5.32 Å². The molecule has 0 spiro atoms. The monoisotopic (exact) mass is 322 g/mol. The van der Waals surface area contributed by atoms with Crippen LogP contribution in [0.5, 0.6) is 0 Å². The van der Waals surface area contributed by atoms with Gasteiger partial charge in [-0.3, -0.25) is 0 Å². The van der Waals surface area contributed by atoms with Crippen LogP contribution in [0, 0.1) is 0 Å². The van der Waals surface area contributed by atoms with Crippen molar-refractivity contribution in [2.45, 2.75) is 38.0 Å². The van der Waals surface area contributed by atoms with E-state index in [0.29, 0.717) is 11.9 Å². The topological polar surface area (TPSA) is 50.7 Å². The fourth-order valence-electron chi connectivity index (χ4n) is 2.79. The summed E-state index contributed by atoms with van der Waals surface area (Å²) < 4.78 is 0. The Labute approximate surface area is 133 Å². The van der Waals surface area contributed by atoms with Crippen LogP contribution >= 0.6 is 23.2 Å². The smallest absolute Gasteiger partial charge is 0.232 e. The quantitative estimate of drug-likeness (QED) is 0.866. The van der Waals surface area contributed by atoms with E-state index in [1.54, 1.807) is 0 Å². The van der Waals surface area contributed by atoms with E-state index in [2.05, 4.69) is 32.4 Å². The first kappa shape index (κ1) is 14.5. The number of benzene rings is 1. The van der Waals surface area contributed by atoms with Gasteiger partial charge in [-0.1, -0.05) is 31.4 Å². The molecule has 3 rings (SSSR count). The number of anilines is 2. The van der Waals surface area contributed by atoms with Gasteiger partial charge in [-0.2, -0.15) is 15.0 Å². The predicted octanol–water partition coefficient (Wildman–Crippen LogP) is 4.97. The van der Waals surface area contributed by atoms with Crippen molar-refractivity contribution >= 4 is 34.8 Å². The third-order valence-electron chi connectivity index (χ3n) is 3.82. The number of hydrogen-bond donors (Lipinski definition) is 1. The van der Waals surface area contributed by atoms with Crippen molar-refractivity contribution in [3.63, 3.8) is 0 Å². The van der Waals surface area contributed by atoms with Crippen LogP contribution in [-0.4, -0.2) is 15.0 Å². The van der Waals surface area contributed by atoms with E-state index < -0.39 is 0 Å². The molecule has 0 aliphatic heterocycles. The van der Waals surface area contributed by atoms with Gasteiger partial charge < -0.3 is 5.32 Å². The summed E-state index contributed by atoms with van der Waals surface area (Å²) in [7, 11) is 0. The average Bonchev–Trinajstić information content (AvgIpc) is 2.48. The summed E-state index contributed by atoms with van der Waals surface area (Å²) in [6.07, 6.45) is 6.65. The van der Waals surface area contributed by atoms with Crippen molar-refractivity contribution < 1.29 is 0 Å². The van der Waals surface area contributed by atoms with E-state index in [9.17, 15) is 0 Å². The van der Waals surface area contributed by atoms with Crippen LogP contribution in [0.2, 0.25) is 10.6 Å². The molecule has 1 N–H and O–H groups in total. The largest absolute Gasteiger partial charge is 0.324 e. The molecule has 1 aliphatic carbocycles. The Morgan fingerprint density at radius 3 is 2.10 bits per heavy atom. The fraction of sp³-hybridized carbons (Fsp3) is 0.400. The zero-order valence-corrected chi connectivity index (χ0v) is 13.0. The molecule has 1 fully saturated rings. The molecule has 4 nitrogen and oxygen atoms in total. The highest BCUT2D eigenvalue weighted by Crippen LogP contribution is 2.33. The molecule has 0 atom stereocenters. The minimum atomic E-state index is 0.0799. The van der Waals surface area contributed by atoms with Crippen LogP contribution in [0.1, 0.15) is 43.6 Å². The first-order chi connectivity index (χ1) is 10.2. The van der Waals surface area contributed by atoms with Crippen molar-refractivity contribution in [1.82, 2.24) is 15.0 Å². The lowest BCUT2D eigenvalue weighted by Crippen LogP contribution is -2.04. The Kier molecular flexibility index (Phi) is 4.56. The normalized spacial score (nSPS) is 15.9. The van der Waals surface area contributed by atoms with E-state index in [4.69, 9.17) is 23.2 Å². The molecule has 21 heavy (non-hydrogen) atoms. The van der Waals surface area contributed by atoms with E-state index in [0.717, 1.165) is 5.69 Å². The number of nitrogens with one attached hydrogen (secondary N) is 1. The van der Waals surface area contributed by atoms with Gasteiger partial charge in [0.15, 0.2) is 0 Å². The molecule has 6 heteroatoms. The second kappa shape index (κ2) is 6.58. The summed E-state index contributed by atoms with van der Waals surface area (Å²) in [5.41, 5.74) is 2.32. The summed E-state index contributed by atoms with van der Waals surface area (Å²) in [4.78, 5) is 11.7. The second-order valence-electron chi connectivity index (χ2n) is 5.28. The maximum atomic E-state index is 5.76. The van der Waals surface area contributed by atoms with Gasteiger partial charge in [-0.25, -0.2) is 0 Å². The highest BCUT2D eigenvalue weighted by Gasteiger charge is 2.15. The zero-order valence-electron chi connectivity index (χ0n) is 11.5. The van der Waals surface area contributed by atoms with Crippen molar-refractivity contribution in [3.8, 4) is 0 Å². The number of nitrogens with zero attached hydrogens (tertiary/aromatic N) is 3. The lowest BCUT2D eigenvalue weighted by molar-refractivity contribution is 0.443. The van der Waals surface area contributed by atoms with Gasteiger partial charge in [0.25, 0.3) is 0 Å². The predicted molar refractivity (Wildman–Crippen MR) is 85.4 cm³/mol. The Bertz CT molecular complexity index is 589. The molecule has 1 aromatic heterocycles. The van der Waals surface area contributed by atoms with Gasteiger partial charge >= 0.3 is 0 Å². The molecule has 1 heterocycles. The molecule has 0 unspecified atom stereocenters. The molecular formula is C15H16Cl2N4. The average molecular weight is 323 g/mol. The van der Waals surface area contributed by atoms with Gasteiger partial charge in [0.1, 0.15) is 0 Å². The molecule has 1 saturated carbocycles. The highest BCUT2D eigenvalue weighted by molar-refractivity contribution is 6.31. The Morgan fingerprint density at radius 1 is 0.857 bits per heavy atom. The Morgan fingerprint density at radius 2 is 1.48 bits per heavy atom. The van der Waals surface area contributed by atoms with Gasteiger partial charge in [0, 0.05) is 5.69 Å². The molecular weight excluding hydrogens is 307 g/mol. The van der Waals surface area contributed by atoms with Crippen LogP contribution in [-0.2, 0) is 0 Å². The number of aromatic nitrogens is 3. The summed E-state index contributed by atoms with van der Waals surface area (Å²) in [6, 6.07) is 8.41. The lowest BCUT2D eigenvalue weighted by atomic mass is 9.84. The number of halogens is 2. The first-order valence-electron chi connectivity index (χ1n) is 7.15. The van der Waals surface area contributed by atoms with Crippen LogP contribution in [0.3, 0.4) is 0 Å². The second-order valence-corrected chi connectivity index (χ2v) is 5.96. The molecule has 1 aromatic carbocycles. The molecule has 1 aliphatic rings. The van der Waals surface area contributed by atoms with Crippen molar-refractivity contribution in [1.29, 1.82) is 0 Å². The standard InChI is InChI=1S/C15H16Cl2N4/c16-13-19-14(17)21-15(20-13)18-12-8-6-11(7-9-12)10-4-2-1-3-5-10/h6-10H,1-5H2,(H,18,19,20,21). The zero-order chi connectivity index (χ0) is 14.7. The highest BCUT2D eigenvalue weighted by atomic mass is 35.5. The van der Waals surface area contributed by atoms with E-state index >= 15 is 0 Å². The molecule has 0 amide bonds. The minimum Gasteiger partial charge on any atom is -0.324 e. The van der Waals surface area contributed by atoms with Crippen LogP contribution in [0.15, 0.2) is 24.3 Å². The van der Waals surface area contributed by atoms with E-state index in [1.807, 2.05) is 12.1 Å². The molecule has 0 radical (unpaired) electrons. The van der Waals surface area contributed by atoms with Gasteiger partial charge in [0.05, 0.1) is 0 Å². The maximum absolute atomic E-state index is 5.76. The molecule has 0 saturated heterocycles. The maximum Gasteiger partial charge on any atom is 0.232 e. The van der Waals surface area contributed by atoms with Crippen LogP contribution in [0.4, 0.5) is 11.6 Å².